The number of nitrogens with zero attached hydrogens (tertiary/aromatic N) is 3. The van der Waals surface area contributed by atoms with Gasteiger partial charge in [-0.25, -0.2) is 9.67 Å². The molecule has 0 spiro atoms. The molecule has 0 amide bonds. The number of aliphatic hydroxyl groups is 1. The molecule has 114 valence electrons. The van der Waals surface area contributed by atoms with E-state index in [4.69, 9.17) is 0 Å². The zero-order chi connectivity index (χ0) is 14.9. The van der Waals surface area contributed by atoms with Crippen molar-refractivity contribution < 1.29 is 5.11 Å². The molecule has 1 heterocycles. The summed E-state index contributed by atoms with van der Waals surface area (Å²) < 4.78 is 1.98. The maximum Gasteiger partial charge on any atom is 0.138 e. The van der Waals surface area contributed by atoms with E-state index in [9.17, 15) is 5.11 Å². The summed E-state index contributed by atoms with van der Waals surface area (Å²) in [5.74, 6) is 2.01. The van der Waals surface area contributed by atoms with E-state index in [1.165, 1.54) is 0 Å². The van der Waals surface area contributed by atoms with Crippen LogP contribution in [0.2, 0.25) is 0 Å². The lowest BCUT2D eigenvalue weighted by molar-refractivity contribution is 0.0183. The molecule has 1 aromatic rings. The Morgan fingerprint density at radius 3 is 2.65 bits per heavy atom. The average molecular weight is 279 g/mol. The molecular weight excluding hydrogens is 250 g/mol. The maximum atomic E-state index is 10.3. The first-order chi connectivity index (χ1) is 9.29. The van der Waals surface area contributed by atoms with Crippen molar-refractivity contribution in [2.75, 3.05) is 0 Å². The molecule has 1 N–H and O–H groups in total. The smallest absolute Gasteiger partial charge is 0.138 e. The molecule has 4 nitrogen and oxygen atoms in total. The fourth-order valence-electron chi connectivity index (χ4n) is 3.34. The van der Waals surface area contributed by atoms with Crippen molar-refractivity contribution in [1.29, 1.82) is 0 Å². The molecule has 1 saturated carbocycles. The highest BCUT2D eigenvalue weighted by Gasteiger charge is 2.35. The highest BCUT2D eigenvalue weighted by molar-refractivity contribution is 4.94. The standard InChI is InChI=1S/C16H29N3O/c1-11(2)19-15(17-10-18-19)9-12-8-13(16(3,4)5)6-7-14(12)20/h10-14,20H,6-9H2,1-5H3. The van der Waals surface area contributed by atoms with Crippen molar-refractivity contribution >= 4 is 0 Å². The largest absolute Gasteiger partial charge is 0.393 e. The van der Waals surface area contributed by atoms with Gasteiger partial charge in [-0.3, -0.25) is 0 Å². The Labute approximate surface area is 122 Å². The fourth-order valence-corrected chi connectivity index (χ4v) is 3.34. The molecule has 0 saturated heterocycles. The van der Waals surface area contributed by atoms with Crippen LogP contribution < -0.4 is 0 Å². The van der Waals surface area contributed by atoms with Crippen LogP contribution in [0, 0.1) is 17.3 Å². The Hall–Kier alpha value is -0.900. The van der Waals surface area contributed by atoms with Crippen LogP contribution in [0.15, 0.2) is 6.33 Å². The first-order valence-corrected chi connectivity index (χ1v) is 7.85. The molecule has 4 heteroatoms. The van der Waals surface area contributed by atoms with Crippen molar-refractivity contribution in [2.45, 2.75) is 72.4 Å². The minimum absolute atomic E-state index is 0.189. The lowest BCUT2D eigenvalue weighted by Gasteiger charge is -2.40. The Bertz CT molecular complexity index is 433. The zero-order valence-corrected chi connectivity index (χ0v) is 13.5. The van der Waals surface area contributed by atoms with Gasteiger partial charge in [-0.05, 0) is 50.4 Å². The molecule has 20 heavy (non-hydrogen) atoms. The molecule has 0 radical (unpaired) electrons. The molecular formula is C16H29N3O. The van der Waals surface area contributed by atoms with E-state index in [-0.39, 0.29) is 6.10 Å². The average Bonchev–Trinajstić information content (AvgIpc) is 2.78. The van der Waals surface area contributed by atoms with Crippen LogP contribution in [0.5, 0.6) is 0 Å². The van der Waals surface area contributed by atoms with Gasteiger partial charge in [-0.2, -0.15) is 5.10 Å². The molecule has 0 aliphatic heterocycles. The van der Waals surface area contributed by atoms with Gasteiger partial charge < -0.3 is 5.11 Å². The molecule has 3 unspecified atom stereocenters. The molecule has 3 atom stereocenters. The van der Waals surface area contributed by atoms with Crippen LogP contribution in [0.3, 0.4) is 0 Å². The SMILES string of the molecule is CC(C)n1ncnc1CC1CC(C(C)(C)C)CCC1O. The van der Waals surface area contributed by atoms with Gasteiger partial charge in [0.1, 0.15) is 12.2 Å². The van der Waals surface area contributed by atoms with Crippen LogP contribution >= 0.6 is 0 Å². The summed E-state index contributed by atoms with van der Waals surface area (Å²) in [6, 6.07) is 0.326. The van der Waals surface area contributed by atoms with Crippen molar-refractivity contribution in [2.24, 2.45) is 17.3 Å². The van der Waals surface area contributed by atoms with E-state index in [0.29, 0.717) is 23.3 Å². The summed E-state index contributed by atoms with van der Waals surface area (Å²) in [6.07, 6.45) is 5.43. The van der Waals surface area contributed by atoms with Gasteiger partial charge >= 0.3 is 0 Å². The number of aliphatic hydroxyl groups excluding tert-OH is 1. The quantitative estimate of drug-likeness (QED) is 0.924. The second-order valence-corrected chi connectivity index (χ2v) is 7.62. The molecule has 0 bridgehead atoms. The van der Waals surface area contributed by atoms with E-state index in [0.717, 1.165) is 31.5 Å². The second kappa shape index (κ2) is 5.84. The Morgan fingerprint density at radius 2 is 2.05 bits per heavy atom. The topological polar surface area (TPSA) is 50.9 Å². The first kappa shape index (κ1) is 15.5. The van der Waals surface area contributed by atoms with Crippen LogP contribution in [-0.4, -0.2) is 26.0 Å². The van der Waals surface area contributed by atoms with E-state index in [1.807, 2.05) is 4.68 Å². The van der Waals surface area contributed by atoms with Gasteiger partial charge in [0.05, 0.1) is 6.10 Å². The van der Waals surface area contributed by atoms with Crippen molar-refractivity contribution in [3.63, 3.8) is 0 Å². The minimum atomic E-state index is -0.189. The van der Waals surface area contributed by atoms with Gasteiger partial charge in [0.2, 0.25) is 0 Å². The second-order valence-electron chi connectivity index (χ2n) is 7.62. The molecule has 1 aromatic heterocycles. The number of hydrogen-bond acceptors (Lipinski definition) is 3. The molecule has 1 fully saturated rings. The summed E-state index contributed by atoms with van der Waals surface area (Å²) in [5, 5.41) is 14.6. The molecule has 0 aromatic carbocycles. The minimum Gasteiger partial charge on any atom is -0.393 e. The van der Waals surface area contributed by atoms with Gasteiger partial charge in [0, 0.05) is 12.5 Å². The van der Waals surface area contributed by atoms with Crippen LogP contribution in [0.1, 0.15) is 65.7 Å². The number of aromatic nitrogens is 3. The summed E-state index contributed by atoms with van der Waals surface area (Å²) in [5.41, 5.74) is 0.324. The summed E-state index contributed by atoms with van der Waals surface area (Å²) in [4.78, 5) is 4.39. The third kappa shape index (κ3) is 3.40. The van der Waals surface area contributed by atoms with Crippen LogP contribution in [0.25, 0.3) is 0 Å². The monoisotopic (exact) mass is 279 g/mol. The normalized spacial score (nSPS) is 28.1. The highest BCUT2D eigenvalue weighted by atomic mass is 16.3. The molecule has 1 aliphatic rings. The van der Waals surface area contributed by atoms with E-state index in [2.05, 4.69) is 44.7 Å². The third-order valence-electron chi connectivity index (χ3n) is 4.75. The molecule has 2 rings (SSSR count). The zero-order valence-electron chi connectivity index (χ0n) is 13.5. The number of hydrogen-bond donors (Lipinski definition) is 1. The lowest BCUT2D eigenvalue weighted by atomic mass is 9.67. The lowest BCUT2D eigenvalue weighted by Crippen LogP contribution is -2.36. The first-order valence-electron chi connectivity index (χ1n) is 7.85. The highest BCUT2D eigenvalue weighted by Crippen LogP contribution is 2.41. The van der Waals surface area contributed by atoms with Crippen molar-refractivity contribution in [1.82, 2.24) is 14.8 Å². The van der Waals surface area contributed by atoms with Gasteiger partial charge in [0.25, 0.3) is 0 Å². The van der Waals surface area contributed by atoms with Crippen LogP contribution in [-0.2, 0) is 6.42 Å². The Balaban J connectivity index is 2.08. The fraction of sp³-hybridized carbons (Fsp3) is 0.875. The predicted molar refractivity (Wildman–Crippen MR) is 80.4 cm³/mol. The third-order valence-corrected chi connectivity index (χ3v) is 4.75. The van der Waals surface area contributed by atoms with E-state index in [1.54, 1.807) is 6.33 Å². The van der Waals surface area contributed by atoms with Gasteiger partial charge in [0.15, 0.2) is 0 Å². The summed E-state index contributed by atoms with van der Waals surface area (Å²) in [6.45, 7) is 11.2. The van der Waals surface area contributed by atoms with Gasteiger partial charge in [-0.15, -0.1) is 0 Å². The predicted octanol–water partition coefficient (Wildman–Crippen LogP) is 3.22. The van der Waals surface area contributed by atoms with Crippen molar-refractivity contribution in [3.8, 4) is 0 Å². The summed E-state index contributed by atoms with van der Waals surface area (Å²) >= 11 is 0. The molecule has 1 aliphatic carbocycles. The summed E-state index contributed by atoms with van der Waals surface area (Å²) in [7, 11) is 0. The maximum absolute atomic E-state index is 10.3. The van der Waals surface area contributed by atoms with E-state index < -0.39 is 0 Å². The van der Waals surface area contributed by atoms with Crippen LogP contribution in [0.4, 0.5) is 0 Å². The number of rotatable bonds is 3. The Morgan fingerprint density at radius 1 is 1.35 bits per heavy atom. The van der Waals surface area contributed by atoms with Gasteiger partial charge in [-0.1, -0.05) is 20.8 Å². The van der Waals surface area contributed by atoms with Crippen molar-refractivity contribution in [3.05, 3.63) is 12.2 Å². The Kier molecular flexibility index (Phi) is 4.52. The van der Waals surface area contributed by atoms with E-state index >= 15 is 0 Å².